The average molecular weight is 833 g/mol. The number of rotatable bonds is 39. The second-order valence-electron chi connectivity index (χ2n) is 15.7. The third-order valence-electron chi connectivity index (χ3n) is 8.90. The molecule has 0 radical (unpaired) electrons. The zero-order valence-corrected chi connectivity index (χ0v) is 38.1. The molecule has 0 bridgehead atoms. The summed E-state index contributed by atoms with van der Waals surface area (Å²) in [7, 11) is 1.41. The Morgan fingerprint density at radius 1 is 0.534 bits per heavy atom. The van der Waals surface area contributed by atoms with Gasteiger partial charge in [-0.3, -0.25) is 18.6 Å². The third kappa shape index (κ3) is 42.8. The summed E-state index contributed by atoms with van der Waals surface area (Å²) in [6, 6.07) is 0. The van der Waals surface area contributed by atoms with Gasteiger partial charge in [0, 0.05) is 12.8 Å². The van der Waals surface area contributed by atoms with Gasteiger partial charge < -0.3 is 18.9 Å². The van der Waals surface area contributed by atoms with E-state index in [9.17, 15) is 19.0 Å². The molecule has 332 valence electrons. The molecule has 10 heteroatoms. The van der Waals surface area contributed by atoms with Gasteiger partial charge in [-0.1, -0.05) is 137 Å². The second-order valence-corrected chi connectivity index (χ2v) is 17.2. The lowest BCUT2D eigenvalue weighted by Gasteiger charge is -2.24. The van der Waals surface area contributed by atoms with Crippen LogP contribution < -0.4 is 0 Å². The number of allylic oxidation sites excluding steroid dienone is 14. The Labute approximate surface area is 354 Å². The molecule has 0 aromatic rings. The van der Waals surface area contributed by atoms with E-state index < -0.39 is 32.5 Å². The number of unbranched alkanes of at least 4 members (excludes halogenated alkanes) is 11. The molecule has 2 atom stereocenters. The topological polar surface area (TPSA) is 108 Å². The van der Waals surface area contributed by atoms with Crippen LogP contribution in [-0.2, 0) is 32.7 Å². The van der Waals surface area contributed by atoms with Crippen molar-refractivity contribution in [3.05, 3.63) is 85.1 Å². The van der Waals surface area contributed by atoms with Gasteiger partial charge in [-0.25, -0.2) is 4.57 Å². The van der Waals surface area contributed by atoms with Crippen molar-refractivity contribution < 1.29 is 42.1 Å². The summed E-state index contributed by atoms with van der Waals surface area (Å²) in [6.45, 7) is 4.25. The van der Waals surface area contributed by atoms with Gasteiger partial charge in [0.1, 0.15) is 19.8 Å². The van der Waals surface area contributed by atoms with Crippen LogP contribution in [0.2, 0.25) is 0 Å². The van der Waals surface area contributed by atoms with Crippen LogP contribution in [0.3, 0.4) is 0 Å². The van der Waals surface area contributed by atoms with E-state index in [1.807, 2.05) is 27.2 Å². The molecule has 58 heavy (non-hydrogen) atoms. The molecule has 0 rings (SSSR count). The molecule has 0 heterocycles. The summed E-state index contributed by atoms with van der Waals surface area (Å²) in [4.78, 5) is 35.4. The van der Waals surface area contributed by atoms with Crippen molar-refractivity contribution in [3.63, 3.8) is 0 Å². The highest BCUT2D eigenvalue weighted by Gasteiger charge is 2.27. The lowest BCUT2D eigenvalue weighted by molar-refractivity contribution is -0.870. The Kier molecular flexibility index (Phi) is 37.7. The predicted molar refractivity (Wildman–Crippen MR) is 242 cm³/mol. The molecule has 0 aliphatic rings. The normalized spacial score (nSPS) is 14.4. The number of phosphoric ester groups is 1. The molecular weight excluding hydrogens is 750 g/mol. The lowest BCUT2D eigenvalue weighted by Crippen LogP contribution is -2.37. The van der Waals surface area contributed by atoms with Crippen LogP contribution in [0.5, 0.6) is 0 Å². The first-order valence-electron chi connectivity index (χ1n) is 22.3. The number of nitrogens with zero attached hydrogens (tertiary/aromatic N) is 1. The molecule has 9 nitrogen and oxygen atoms in total. The Morgan fingerprint density at radius 2 is 0.948 bits per heavy atom. The van der Waals surface area contributed by atoms with Crippen molar-refractivity contribution in [2.24, 2.45) is 0 Å². The molecule has 0 fully saturated rings. The minimum Gasteiger partial charge on any atom is -0.462 e. The molecule has 1 unspecified atom stereocenters. The van der Waals surface area contributed by atoms with Crippen LogP contribution in [0, 0.1) is 0 Å². The number of quaternary nitrogens is 1. The summed E-state index contributed by atoms with van der Waals surface area (Å²) in [5.41, 5.74) is 0. The minimum absolute atomic E-state index is 0.0131. The van der Waals surface area contributed by atoms with E-state index in [4.69, 9.17) is 18.5 Å². The Balaban J connectivity index is 4.52. The summed E-state index contributed by atoms with van der Waals surface area (Å²) < 4.78 is 34.2. The van der Waals surface area contributed by atoms with Gasteiger partial charge in [-0.05, 0) is 89.9 Å². The predicted octanol–water partition coefficient (Wildman–Crippen LogP) is 12.8. The summed E-state index contributed by atoms with van der Waals surface area (Å²) in [5, 5.41) is 0. The number of carbonyl (C=O) groups excluding carboxylic acids is 2. The number of phosphoric acid groups is 1. The fraction of sp³-hybridized carbons (Fsp3) is 0.667. The molecule has 0 aliphatic carbocycles. The van der Waals surface area contributed by atoms with Crippen LogP contribution in [-0.4, -0.2) is 74.9 Å². The molecule has 1 N–H and O–H groups in total. The minimum atomic E-state index is -4.40. The van der Waals surface area contributed by atoms with E-state index in [1.165, 1.54) is 51.4 Å². The van der Waals surface area contributed by atoms with Gasteiger partial charge in [0.15, 0.2) is 6.10 Å². The summed E-state index contributed by atoms with van der Waals surface area (Å²) >= 11 is 0. The zero-order valence-electron chi connectivity index (χ0n) is 37.2. The van der Waals surface area contributed by atoms with E-state index in [1.54, 1.807) is 0 Å². The molecule has 0 saturated heterocycles. The highest BCUT2D eigenvalue weighted by atomic mass is 31.2. The number of hydrogen-bond donors (Lipinski definition) is 1. The average Bonchev–Trinajstić information content (AvgIpc) is 3.17. The fourth-order valence-electron chi connectivity index (χ4n) is 5.36. The van der Waals surface area contributed by atoms with Gasteiger partial charge in [0.05, 0.1) is 27.7 Å². The van der Waals surface area contributed by atoms with Crippen molar-refractivity contribution in [2.45, 2.75) is 161 Å². The van der Waals surface area contributed by atoms with Crippen molar-refractivity contribution in [3.8, 4) is 0 Å². The molecule has 0 aromatic carbocycles. The van der Waals surface area contributed by atoms with Crippen molar-refractivity contribution in [1.82, 2.24) is 0 Å². The Hall–Kier alpha value is -2.81. The van der Waals surface area contributed by atoms with Gasteiger partial charge in [0.2, 0.25) is 0 Å². The number of esters is 2. The SMILES string of the molecule is CCCCC/C=C/C/C=C/C/C=C/C/C=C/CCCC(=O)O[C@H](COC(=O)CCCCCC/C=C/C/C=C/C/C=C/CCCCC)COP(=O)(O)OCC[N+](C)(C)C. The first kappa shape index (κ1) is 55.2. The van der Waals surface area contributed by atoms with E-state index in [-0.39, 0.29) is 26.1 Å². The highest BCUT2D eigenvalue weighted by Crippen LogP contribution is 2.43. The smallest absolute Gasteiger partial charge is 0.462 e. The fourth-order valence-corrected chi connectivity index (χ4v) is 6.11. The van der Waals surface area contributed by atoms with E-state index >= 15 is 0 Å². The molecule has 0 aromatic heterocycles. The number of likely N-dealkylation sites (N-methyl/N-ethyl adjacent to an activating group) is 1. The maximum atomic E-state index is 12.7. The first-order valence-corrected chi connectivity index (χ1v) is 23.8. The van der Waals surface area contributed by atoms with Crippen LogP contribution in [0.15, 0.2) is 85.1 Å². The Bertz CT molecular complexity index is 1260. The van der Waals surface area contributed by atoms with Gasteiger partial charge in [-0.2, -0.15) is 0 Å². The van der Waals surface area contributed by atoms with Gasteiger partial charge in [0.25, 0.3) is 0 Å². The van der Waals surface area contributed by atoms with Gasteiger partial charge >= 0.3 is 19.8 Å². The van der Waals surface area contributed by atoms with Crippen molar-refractivity contribution in [2.75, 3.05) is 47.5 Å². The van der Waals surface area contributed by atoms with Crippen LogP contribution in [0.1, 0.15) is 155 Å². The highest BCUT2D eigenvalue weighted by molar-refractivity contribution is 7.47. The first-order chi connectivity index (χ1) is 28.0. The van der Waals surface area contributed by atoms with Crippen molar-refractivity contribution in [1.29, 1.82) is 0 Å². The van der Waals surface area contributed by atoms with Gasteiger partial charge in [-0.15, -0.1) is 0 Å². The van der Waals surface area contributed by atoms with Crippen LogP contribution >= 0.6 is 7.82 Å². The molecule has 0 amide bonds. The summed E-state index contributed by atoms with van der Waals surface area (Å²) in [5.74, 6) is -0.898. The van der Waals surface area contributed by atoms with Crippen LogP contribution in [0.4, 0.5) is 0 Å². The maximum absolute atomic E-state index is 12.7. The number of carbonyl (C=O) groups is 2. The third-order valence-corrected chi connectivity index (χ3v) is 9.88. The molecular formula is C48H83NO8P+. The lowest BCUT2D eigenvalue weighted by atomic mass is 10.1. The monoisotopic (exact) mass is 833 g/mol. The molecule has 0 aliphatic heterocycles. The standard InChI is InChI=1S/C48H82NO8P/c1-6-8-10-12-14-16-18-20-22-24-26-28-30-32-34-36-38-40-47(50)54-44-46(45-56-58(52,53)55-43-42-49(3,4)5)57-48(51)41-39-37-35-33-31-29-27-25-23-21-19-17-15-13-11-9-7-2/h14-17,20-23,26-29,33,35,46H,6-13,18-19,24-25,30-32,34,36-45H2,1-5H3/p+1/b16-14+,17-15+,22-20+,23-21+,28-26+,29-27+,35-33+/t46-/m1/s1. The van der Waals surface area contributed by atoms with E-state index in [0.29, 0.717) is 30.3 Å². The zero-order chi connectivity index (χ0) is 42.8. The summed E-state index contributed by atoms with van der Waals surface area (Å²) in [6.07, 6.45) is 50.6. The van der Waals surface area contributed by atoms with E-state index in [0.717, 1.165) is 57.8 Å². The number of ether oxygens (including phenoxy) is 2. The van der Waals surface area contributed by atoms with Crippen LogP contribution in [0.25, 0.3) is 0 Å². The Morgan fingerprint density at radius 3 is 1.41 bits per heavy atom. The molecule has 0 spiro atoms. The quantitative estimate of drug-likeness (QED) is 0.0214. The van der Waals surface area contributed by atoms with E-state index in [2.05, 4.69) is 92.8 Å². The van der Waals surface area contributed by atoms with Crippen molar-refractivity contribution >= 4 is 19.8 Å². The second kappa shape index (κ2) is 39.6. The molecule has 0 saturated carbocycles. The maximum Gasteiger partial charge on any atom is 0.472 e. The number of hydrogen-bond acceptors (Lipinski definition) is 7. The largest absolute Gasteiger partial charge is 0.472 e.